The minimum Gasteiger partial charge on any atom is -0.398 e. The van der Waals surface area contributed by atoms with Gasteiger partial charge in [0.2, 0.25) is 5.91 Å². The number of hydrogen-bond donors (Lipinski definition) is 3. The van der Waals surface area contributed by atoms with E-state index in [1.807, 2.05) is 36.1 Å². The van der Waals surface area contributed by atoms with Gasteiger partial charge in [-0.15, -0.1) is 0 Å². The molecule has 0 spiro atoms. The van der Waals surface area contributed by atoms with Crippen molar-refractivity contribution in [1.29, 1.82) is 0 Å². The molecule has 0 bridgehead atoms. The fourth-order valence-electron chi connectivity index (χ4n) is 2.04. The van der Waals surface area contributed by atoms with Crippen molar-refractivity contribution in [3.63, 3.8) is 0 Å². The van der Waals surface area contributed by atoms with E-state index in [1.54, 1.807) is 6.92 Å². The van der Waals surface area contributed by atoms with Crippen LogP contribution in [0.15, 0.2) is 24.3 Å². The van der Waals surface area contributed by atoms with E-state index in [1.165, 1.54) is 7.05 Å². The lowest BCUT2D eigenvalue weighted by atomic mass is 10.1. The number of carbonyl (C=O) groups excluding carboxylic acids is 2. The van der Waals surface area contributed by atoms with E-state index in [0.29, 0.717) is 12.2 Å². The molecule has 3 amide bonds. The molecule has 1 aromatic rings. The molecule has 116 valence electrons. The van der Waals surface area contributed by atoms with Gasteiger partial charge in [0.1, 0.15) is 0 Å². The molecule has 0 aliphatic rings. The van der Waals surface area contributed by atoms with Crippen LogP contribution in [0.4, 0.5) is 10.5 Å². The molecule has 4 N–H and O–H groups in total. The number of hydrogen-bond acceptors (Lipinski definition) is 4. The first-order valence-corrected chi connectivity index (χ1v) is 7.09. The highest BCUT2D eigenvalue weighted by Crippen LogP contribution is 2.15. The summed E-state index contributed by atoms with van der Waals surface area (Å²) < 4.78 is 0. The van der Waals surface area contributed by atoms with E-state index >= 15 is 0 Å². The molecule has 21 heavy (non-hydrogen) atoms. The first-order chi connectivity index (χ1) is 9.99. The number of nitrogens with one attached hydrogen (secondary N) is 2. The summed E-state index contributed by atoms with van der Waals surface area (Å²) in [5.41, 5.74) is 7.64. The van der Waals surface area contributed by atoms with Crippen molar-refractivity contribution in [2.75, 3.05) is 19.3 Å². The van der Waals surface area contributed by atoms with Gasteiger partial charge in [-0.3, -0.25) is 15.0 Å². The summed E-state index contributed by atoms with van der Waals surface area (Å²) in [5.74, 6) is -0.322. The van der Waals surface area contributed by atoms with Crippen LogP contribution >= 0.6 is 0 Å². The molecule has 0 aliphatic heterocycles. The minimum absolute atomic E-state index is 0.322. The SMILES string of the molecule is CCCN(Cc1ccccc1N)C(C)C(=O)NC(=O)NC. The number of anilines is 1. The second-order valence-corrected chi connectivity index (χ2v) is 4.91. The van der Waals surface area contributed by atoms with E-state index in [4.69, 9.17) is 5.73 Å². The predicted molar refractivity (Wildman–Crippen MR) is 83.6 cm³/mol. The van der Waals surface area contributed by atoms with Gasteiger partial charge in [0.25, 0.3) is 0 Å². The van der Waals surface area contributed by atoms with Crippen molar-refractivity contribution in [2.24, 2.45) is 0 Å². The van der Waals surface area contributed by atoms with Gasteiger partial charge in [0.15, 0.2) is 0 Å². The van der Waals surface area contributed by atoms with Gasteiger partial charge in [-0.05, 0) is 31.5 Å². The molecule has 0 radical (unpaired) electrons. The molecule has 0 aromatic heterocycles. The molecule has 0 saturated carbocycles. The van der Waals surface area contributed by atoms with Gasteiger partial charge in [-0.1, -0.05) is 25.1 Å². The van der Waals surface area contributed by atoms with Gasteiger partial charge in [0.05, 0.1) is 6.04 Å². The van der Waals surface area contributed by atoms with E-state index < -0.39 is 12.1 Å². The van der Waals surface area contributed by atoms with Gasteiger partial charge in [-0.25, -0.2) is 4.79 Å². The zero-order valence-electron chi connectivity index (χ0n) is 12.8. The highest BCUT2D eigenvalue weighted by Gasteiger charge is 2.22. The molecule has 1 unspecified atom stereocenters. The van der Waals surface area contributed by atoms with Gasteiger partial charge in [-0.2, -0.15) is 0 Å². The first kappa shape index (κ1) is 17.0. The van der Waals surface area contributed by atoms with Gasteiger partial charge < -0.3 is 11.1 Å². The highest BCUT2D eigenvalue weighted by atomic mass is 16.2. The summed E-state index contributed by atoms with van der Waals surface area (Å²) in [7, 11) is 1.47. The monoisotopic (exact) mass is 292 g/mol. The Bertz CT molecular complexity index is 490. The first-order valence-electron chi connectivity index (χ1n) is 7.09. The summed E-state index contributed by atoms with van der Waals surface area (Å²) in [6.45, 7) is 5.15. The second kappa shape index (κ2) is 8.26. The predicted octanol–water partition coefficient (Wildman–Crippen LogP) is 1.32. The number of nitrogens with zero attached hydrogens (tertiary/aromatic N) is 1. The summed E-state index contributed by atoms with van der Waals surface area (Å²) in [4.78, 5) is 25.3. The molecule has 0 aliphatic carbocycles. The van der Waals surface area contributed by atoms with E-state index in [9.17, 15) is 9.59 Å². The molecule has 1 rings (SSSR count). The average molecular weight is 292 g/mol. The number of para-hydroxylation sites is 1. The Morgan fingerprint density at radius 1 is 1.33 bits per heavy atom. The van der Waals surface area contributed by atoms with Crippen LogP contribution in [0.25, 0.3) is 0 Å². The number of urea groups is 1. The fourth-order valence-corrected chi connectivity index (χ4v) is 2.04. The topological polar surface area (TPSA) is 87.5 Å². The van der Waals surface area contributed by atoms with E-state index in [-0.39, 0.29) is 5.91 Å². The molecule has 1 atom stereocenters. The maximum Gasteiger partial charge on any atom is 0.321 e. The Morgan fingerprint density at radius 2 is 2.00 bits per heavy atom. The van der Waals surface area contributed by atoms with Crippen LogP contribution in [0.2, 0.25) is 0 Å². The Balaban J connectivity index is 2.78. The zero-order chi connectivity index (χ0) is 15.8. The van der Waals surface area contributed by atoms with Gasteiger partial charge >= 0.3 is 6.03 Å². The van der Waals surface area contributed by atoms with Crippen molar-refractivity contribution in [2.45, 2.75) is 32.9 Å². The number of carbonyl (C=O) groups is 2. The summed E-state index contributed by atoms with van der Waals surface area (Å²) in [6.07, 6.45) is 0.907. The summed E-state index contributed by atoms with van der Waals surface area (Å²) in [5, 5.41) is 4.68. The number of amides is 3. The van der Waals surface area contributed by atoms with Crippen molar-refractivity contribution in [3.8, 4) is 0 Å². The van der Waals surface area contributed by atoms with Crippen LogP contribution < -0.4 is 16.4 Å². The smallest absolute Gasteiger partial charge is 0.321 e. The largest absolute Gasteiger partial charge is 0.398 e. The lowest BCUT2D eigenvalue weighted by Crippen LogP contribution is -2.49. The van der Waals surface area contributed by atoms with Crippen LogP contribution in [0.1, 0.15) is 25.8 Å². The Hall–Kier alpha value is -2.08. The maximum atomic E-state index is 12.1. The Labute approximate surface area is 125 Å². The van der Waals surface area contributed by atoms with Crippen LogP contribution in [-0.2, 0) is 11.3 Å². The van der Waals surface area contributed by atoms with Crippen molar-refractivity contribution >= 4 is 17.6 Å². The Kier molecular flexibility index (Phi) is 6.68. The summed E-state index contributed by atoms with van der Waals surface area (Å²) >= 11 is 0. The standard InChI is InChI=1S/C15H24N4O2/c1-4-9-19(10-12-7-5-6-8-13(12)16)11(2)14(20)18-15(21)17-3/h5-8,11H,4,9-10,16H2,1-3H3,(H2,17,18,20,21). The number of benzene rings is 1. The third kappa shape index (κ3) is 5.07. The molecule has 0 saturated heterocycles. The van der Waals surface area contributed by atoms with Crippen LogP contribution in [0, 0.1) is 0 Å². The molecular formula is C15H24N4O2. The van der Waals surface area contributed by atoms with E-state index in [2.05, 4.69) is 10.6 Å². The average Bonchev–Trinajstić information content (AvgIpc) is 2.47. The molecule has 1 aromatic carbocycles. The minimum atomic E-state index is -0.498. The van der Waals surface area contributed by atoms with Crippen molar-refractivity contribution < 1.29 is 9.59 Å². The molecule has 6 nitrogen and oxygen atoms in total. The number of rotatable bonds is 6. The van der Waals surface area contributed by atoms with Crippen molar-refractivity contribution in [3.05, 3.63) is 29.8 Å². The lowest BCUT2D eigenvalue weighted by molar-refractivity contribution is -0.125. The number of imide groups is 1. The molecule has 0 fully saturated rings. The zero-order valence-corrected chi connectivity index (χ0v) is 12.8. The molecule has 6 heteroatoms. The third-order valence-corrected chi connectivity index (χ3v) is 3.33. The normalized spacial score (nSPS) is 12.0. The maximum absolute atomic E-state index is 12.1. The summed E-state index contributed by atoms with van der Waals surface area (Å²) in [6, 6.07) is 6.68. The lowest BCUT2D eigenvalue weighted by Gasteiger charge is -2.28. The van der Waals surface area contributed by atoms with Crippen LogP contribution in [0.5, 0.6) is 0 Å². The van der Waals surface area contributed by atoms with Crippen molar-refractivity contribution in [1.82, 2.24) is 15.5 Å². The van der Waals surface area contributed by atoms with Gasteiger partial charge in [0, 0.05) is 19.3 Å². The number of nitrogens with two attached hydrogens (primary N) is 1. The highest BCUT2D eigenvalue weighted by molar-refractivity contribution is 5.96. The molecule has 0 heterocycles. The number of nitrogen functional groups attached to an aromatic ring is 1. The third-order valence-electron chi connectivity index (χ3n) is 3.33. The fraction of sp³-hybridized carbons (Fsp3) is 0.467. The quantitative estimate of drug-likeness (QED) is 0.690. The molecular weight excluding hydrogens is 268 g/mol. The second-order valence-electron chi connectivity index (χ2n) is 4.91. The Morgan fingerprint density at radius 3 is 2.57 bits per heavy atom. The van der Waals surface area contributed by atoms with E-state index in [0.717, 1.165) is 18.5 Å². The van der Waals surface area contributed by atoms with Crippen LogP contribution in [0.3, 0.4) is 0 Å². The van der Waals surface area contributed by atoms with Crippen LogP contribution in [-0.4, -0.2) is 36.5 Å².